The first-order valence-electron chi connectivity index (χ1n) is 5.83. The van der Waals surface area contributed by atoms with E-state index in [0.29, 0.717) is 5.69 Å². The van der Waals surface area contributed by atoms with Crippen LogP contribution in [0.4, 0.5) is 10.1 Å². The van der Waals surface area contributed by atoms with Crippen LogP contribution >= 0.6 is 0 Å². The smallest absolute Gasteiger partial charge is 0.340 e. The molecule has 18 heavy (non-hydrogen) atoms. The number of halogens is 1. The van der Waals surface area contributed by atoms with Gasteiger partial charge in [-0.1, -0.05) is 6.08 Å². The van der Waals surface area contributed by atoms with Gasteiger partial charge in [0.2, 0.25) is 0 Å². The van der Waals surface area contributed by atoms with Crippen molar-refractivity contribution in [2.24, 2.45) is 0 Å². The van der Waals surface area contributed by atoms with Gasteiger partial charge in [0.05, 0.1) is 12.7 Å². The van der Waals surface area contributed by atoms with Gasteiger partial charge in [-0.2, -0.15) is 0 Å². The first-order chi connectivity index (χ1) is 8.58. The minimum Gasteiger partial charge on any atom is -0.465 e. The van der Waals surface area contributed by atoms with Crippen LogP contribution in [-0.4, -0.2) is 19.1 Å². The minimum absolute atomic E-state index is 0.0570. The van der Waals surface area contributed by atoms with E-state index in [2.05, 4.69) is 16.6 Å². The summed E-state index contributed by atoms with van der Waals surface area (Å²) in [6.45, 7) is 5.68. The molecule has 1 rings (SSSR count). The highest BCUT2D eigenvalue weighted by molar-refractivity contribution is 5.90. The Morgan fingerprint density at radius 3 is 2.94 bits per heavy atom. The quantitative estimate of drug-likeness (QED) is 0.622. The normalized spacial score (nSPS) is 11.7. The Morgan fingerprint density at radius 2 is 2.33 bits per heavy atom. The minimum atomic E-state index is -0.671. The molecule has 0 spiro atoms. The summed E-state index contributed by atoms with van der Waals surface area (Å²) in [5, 5.41) is 3.20. The maximum Gasteiger partial charge on any atom is 0.340 e. The van der Waals surface area contributed by atoms with Crippen LogP contribution in [0.25, 0.3) is 0 Å². The first-order valence-corrected chi connectivity index (χ1v) is 5.83. The molecule has 3 nitrogen and oxygen atoms in total. The standard InChI is InChI=1S/C14H18FNO2/c1-4-5-6-10(2)16-11-7-8-13(15)12(9-11)14(17)18-3/h4,7-10,16H,1,5-6H2,2-3H3. The van der Waals surface area contributed by atoms with Gasteiger partial charge in [-0.05, 0) is 38.0 Å². The van der Waals surface area contributed by atoms with Gasteiger partial charge in [0.15, 0.2) is 0 Å². The number of carbonyl (C=O) groups is 1. The molecule has 0 heterocycles. The van der Waals surface area contributed by atoms with Crippen LogP contribution in [0.2, 0.25) is 0 Å². The fourth-order valence-electron chi connectivity index (χ4n) is 1.61. The second kappa shape index (κ2) is 6.79. The molecule has 1 aromatic rings. The van der Waals surface area contributed by atoms with Gasteiger partial charge < -0.3 is 10.1 Å². The topological polar surface area (TPSA) is 38.3 Å². The van der Waals surface area contributed by atoms with E-state index >= 15 is 0 Å². The average molecular weight is 251 g/mol. The number of hydrogen-bond donors (Lipinski definition) is 1. The molecule has 0 bridgehead atoms. The van der Waals surface area contributed by atoms with Crippen molar-refractivity contribution in [2.45, 2.75) is 25.8 Å². The third-order valence-electron chi connectivity index (χ3n) is 2.59. The lowest BCUT2D eigenvalue weighted by molar-refractivity contribution is 0.0595. The Bertz CT molecular complexity index is 432. The molecule has 0 aliphatic heterocycles. The lowest BCUT2D eigenvalue weighted by atomic mass is 10.1. The molecule has 0 saturated heterocycles. The van der Waals surface area contributed by atoms with Crippen LogP contribution in [0.1, 0.15) is 30.1 Å². The van der Waals surface area contributed by atoms with E-state index < -0.39 is 11.8 Å². The Hall–Kier alpha value is -1.84. The number of rotatable bonds is 6. The van der Waals surface area contributed by atoms with Crippen LogP contribution < -0.4 is 5.32 Å². The van der Waals surface area contributed by atoms with Gasteiger partial charge in [0.25, 0.3) is 0 Å². The Kier molecular flexibility index (Phi) is 5.36. The van der Waals surface area contributed by atoms with Gasteiger partial charge in [0.1, 0.15) is 5.82 Å². The molecular formula is C14H18FNO2. The summed E-state index contributed by atoms with van der Waals surface area (Å²) in [6.07, 6.45) is 3.68. The van der Waals surface area contributed by atoms with Crippen molar-refractivity contribution in [2.75, 3.05) is 12.4 Å². The summed E-state index contributed by atoms with van der Waals surface area (Å²) in [7, 11) is 1.23. The number of hydrogen-bond acceptors (Lipinski definition) is 3. The molecule has 1 aromatic carbocycles. The third kappa shape index (κ3) is 3.87. The number of esters is 1. The van der Waals surface area contributed by atoms with Crippen LogP contribution in [0.5, 0.6) is 0 Å². The number of methoxy groups -OCH3 is 1. The summed E-state index contributed by atoms with van der Waals surface area (Å²) in [5.41, 5.74) is 0.645. The zero-order chi connectivity index (χ0) is 13.5. The Balaban J connectivity index is 2.78. The van der Waals surface area contributed by atoms with E-state index in [1.165, 1.54) is 19.2 Å². The van der Waals surface area contributed by atoms with E-state index in [-0.39, 0.29) is 11.6 Å². The molecule has 0 aliphatic carbocycles. The molecule has 1 N–H and O–H groups in total. The molecule has 0 amide bonds. The number of carbonyl (C=O) groups excluding carboxylic acids is 1. The maximum atomic E-state index is 13.4. The van der Waals surface area contributed by atoms with Crippen LogP contribution in [-0.2, 0) is 4.74 Å². The van der Waals surface area contributed by atoms with Crippen LogP contribution in [0.15, 0.2) is 30.9 Å². The van der Waals surface area contributed by atoms with Gasteiger partial charge >= 0.3 is 5.97 Å². The Labute approximate surface area is 107 Å². The fraction of sp³-hybridized carbons (Fsp3) is 0.357. The molecule has 0 fully saturated rings. The number of anilines is 1. The van der Waals surface area contributed by atoms with E-state index in [9.17, 15) is 9.18 Å². The zero-order valence-electron chi connectivity index (χ0n) is 10.7. The van der Waals surface area contributed by atoms with Gasteiger partial charge in [-0.3, -0.25) is 0 Å². The number of allylic oxidation sites excluding steroid dienone is 1. The van der Waals surface area contributed by atoms with Gasteiger partial charge in [-0.25, -0.2) is 9.18 Å². The molecule has 0 aliphatic rings. The zero-order valence-corrected chi connectivity index (χ0v) is 10.7. The van der Waals surface area contributed by atoms with E-state index in [1.807, 2.05) is 13.0 Å². The largest absolute Gasteiger partial charge is 0.465 e. The van der Waals surface area contributed by atoms with Crippen molar-refractivity contribution in [3.63, 3.8) is 0 Å². The maximum absolute atomic E-state index is 13.4. The number of nitrogens with one attached hydrogen (secondary N) is 1. The monoisotopic (exact) mass is 251 g/mol. The molecule has 4 heteroatoms. The summed E-state index contributed by atoms with van der Waals surface area (Å²) in [6, 6.07) is 4.55. The van der Waals surface area contributed by atoms with Crippen LogP contribution in [0.3, 0.4) is 0 Å². The van der Waals surface area contributed by atoms with Crippen molar-refractivity contribution in [1.82, 2.24) is 0 Å². The van der Waals surface area contributed by atoms with E-state index in [0.717, 1.165) is 12.8 Å². The number of benzene rings is 1. The highest BCUT2D eigenvalue weighted by Crippen LogP contribution is 2.17. The first kappa shape index (κ1) is 14.2. The van der Waals surface area contributed by atoms with E-state index in [1.54, 1.807) is 6.07 Å². The van der Waals surface area contributed by atoms with Crippen molar-refractivity contribution in [3.05, 3.63) is 42.2 Å². The van der Waals surface area contributed by atoms with Crippen molar-refractivity contribution in [1.29, 1.82) is 0 Å². The van der Waals surface area contributed by atoms with Crippen molar-refractivity contribution in [3.8, 4) is 0 Å². The fourth-order valence-corrected chi connectivity index (χ4v) is 1.61. The molecular weight excluding hydrogens is 233 g/mol. The predicted octanol–water partition coefficient (Wildman–Crippen LogP) is 3.38. The molecule has 0 aromatic heterocycles. The molecule has 1 atom stereocenters. The van der Waals surface area contributed by atoms with E-state index in [4.69, 9.17) is 0 Å². The third-order valence-corrected chi connectivity index (χ3v) is 2.59. The summed E-state index contributed by atoms with van der Waals surface area (Å²) in [5.74, 6) is -1.25. The SMILES string of the molecule is C=CCCC(C)Nc1ccc(F)c(C(=O)OC)c1. The molecule has 0 saturated carbocycles. The van der Waals surface area contributed by atoms with Gasteiger partial charge in [-0.15, -0.1) is 6.58 Å². The second-order valence-electron chi connectivity index (χ2n) is 4.10. The highest BCUT2D eigenvalue weighted by Gasteiger charge is 2.13. The van der Waals surface area contributed by atoms with Crippen molar-refractivity contribution < 1.29 is 13.9 Å². The van der Waals surface area contributed by atoms with Crippen LogP contribution in [0, 0.1) is 5.82 Å². The van der Waals surface area contributed by atoms with Crippen molar-refractivity contribution >= 4 is 11.7 Å². The lowest BCUT2D eigenvalue weighted by Gasteiger charge is -2.15. The average Bonchev–Trinajstić information content (AvgIpc) is 2.37. The molecule has 98 valence electrons. The highest BCUT2D eigenvalue weighted by atomic mass is 19.1. The summed E-state index contributed by atoms with van der Waals surface area (Å²) < 4.78 is 17.9. The summed E-state index contributed by atoms with van der Waals surface area (Å²) in [4.78, 5) is 11.3. The second-order valence-corrected chi connectivity index (χ2v) is 4.10. The Morgan fingerprint density at radius 1 is 1.61 bits per heavy atom. The molecule has 0 radical (unpaired) electrons. The van der Waals surface area contributed by atoms with Gasteiger partial charge in [0, 0.05) is 11.7 Å². The summed E-state index contributed by atoms with van der Waals surface area (Å²) >= 11 is 0. The molecule has 1 unspecified atom stereocenters. The predicted molar refractivity (Wildman–Crippen MR) is 70.3 cm³/mol. The number of ether oxygens (including phenoxy) is 1. The lowest BCUT2D eigenvalue weighted by Crippen LogP contribution is -2.15.